The number of carbonyl (C=O) groups is 1. The number of likely N-dealkylation sites (tertiary alicyclic amines) is 1. The fraction of sp³-hybridized carbons (Fsp3) is 0.364. The topological polar surface area (TPSA) is 52.6 Å². The van der Waals surface area contributed by atoms with E-state index >= 15 is 0 Å². The number of aliphatic hydroxyl groups is 1. The molecule has 0 unspecified atom stereocenters. The van der Waals surface area contributed by atoms with Gasteiger partial charge in [-0.3, -0.25) is 0 Å². The maximum absolute atomic E-state index is 11.7. The molecular formula is C11H12Cl2N2O2. The summed E-state index contributed by atoms with van der Waals surface area (Å²) in [5, 5.41) is 12.4. The first-order valence-electron chi connectivity index (χ1n) is 5.22. The van der Waals surface area contributed by atoms with Crippen LogP contribution in [0.3, 0.4) is 0 Å². The zero-order chi connectivity index (χ0) is 12.4. The molecule has 1 fully saturated rings. The number of hydrogen-bond acceptors (Lipinski definition) is 2. The average Bonchev–Trinajstić information content (AvgIpc) is 2.22. The molecule has 0 bridgehead atoms. The quantitative estimate of drug-likeness (QED) is 0.871. The van der Waals surface area contributed by atoms with Crippen molar-refractivity contribution in [2.45, 2.75) is 0 Å². The van der Waals surface area contributed by atoms with Gasteiger partial charge in [0.15, 0.2) is 0 Å². The third kappa shape index (κ3) is 2.83. The number of hydrogen-bond donors (Lipinski definition) is 2. The molecule has 0 aromatic heterocycles. The van der Waals surface area contributed by atoms with Crippen molar-refractivity contribution in [1.82, 2.24) is 4.90 Å². The van der Waals surface area contributed by atoms with Gasteiger partial charge >= 0.3 is 6.03 Å². The van der Waals surface area contributed by atoms with Crippen molar-refractivity contribution in [3.63, 3.8) is 0 Å². The highest BCUT2D eigenvalue weighted by Gasteiger charge is 2.29. The molecule has 0 aliphatic carbocycles. The van der Waals surface area contributed by atoms with Crippen LogP contribution in [0.25, 0.3) is 0 Å². The van der Waals surface area contributed by atoms with Crippen molar-refractivity contribution in [2.24, 2.45) is 5.92 Å². The highest BCUT2D eigenvalue weighted by molar-refractivity contribution is 6.42. The van der Waals surface area contributed by atoms with Crippen LogP contribution < -0.4 is 5.32 Å². The van der Waals surface area contributed by atoms with Crippen molar-refractivity contribution in [3.05, 3.63) is 28.2 Å². The van der Waals surface area contributed by atoms with E-state index in [9.17, 15) is 4.79 Å². The van der Waals surface area contributed by atoms with Gasteiger partial charge in [0.25, 0.3) is 0 Å². The second-order valence-corrected chi connectivity index (χ2v) is 4.83. The summed E-state index contributed by atoms with van der Waals surface area (Å²) < 4.78 is 0. The summed E-state index contributed by atoms with van der Waals surface area (Å²) in [6, 6.07) is 4.74. The first-order chi connectivity index (χ1) is 8.10. The van der Waals surface area contributed by atoms with Gasteiger partial charge in [0.05, 0.1) is 10.0 Å². The molecule has 0 spiro atoms. The lowest BCUT2D eigenvalue weighted by molar-refractivity contribution is 0.0838. The lowest BCUT2D eigenvalue weighted by Crippen LogP contribution is -2.52. The summed E-state index contributed by atoms with van der Waals surface area (Å²) >= 11 is 11.6. The molecule has 1 saturated heterocycles. The third-order valence-corrected chi connectivity index (χ3v) is 3.41. The van der Waals surface area contributed by atoms with Gasteiger partial charge in [-0.2, -0.15) is 0 Å². The van der Waals surface area contributed by atoms with E-state index in [4.69, 9.17) is 28.3 Å². The zero-order valence-corrected chi connectivity index (χ0v) is 10.5. The number of carbonyl (C=O) groups excluding carboxylic acids is 1. The molecular weight excluding hydrogens is 263 g/mol. The Morgan fingerprint density at radius 1 is 1.41 bits per heavy atom. The third-order valence-electron chi connectivity index (χ3n) is 2.67. The van der Waals surface area contributed by atoms with Gasteiger partial charge < -0.3 is 15.3 Å². The number of aliphatic hydroxyl groups excluding tert-OH is 1. The summed E-state index contributed by atoms with van der Waals surface area (Å²) in [7, 11) is 0. The minimum atomic E-state index is -0.187. The SMILES string of the molecule is O=C(Nc1ccc(Cl)c(Cl)c1)N1CC(CO)C1. The van der Waals surface area contributed by atoms with Crippen LogP contribution in [0.4, 0.5) is 10.5 Å². The minimum absolute atomic E-state index is 0.122. The van der Waals surface area contributed by atoms with Gasteiger partial charge in [0.1, 0.15) is 0 Å². The van der Waals surface area contributed by atoms with Crippen molar-refractivity contribution >= 4 is 34.9 Å². The number of amides is 2. The summed E-state index contributed by atoms with van der Waals surface area (Å²) in [5.41, 5.74) is 0.608. The predicted octanol–water partition coefficient (Wildman–Crippen LogP) is 2.45. The number of rotatable bonds is 2. The molecule has 92 valence electrons. The van der Waals surface area contributed by atoms with Crippen molar-refractivity contribution in [1.29, 1.82) is 0 Å². The highest BCUT2D eigenvalue weighted by Crippen LogP contribution is 2.25. The molecule has 1 aliphatic heterocycles. The Kier molecular flexibility index (Phi) is 3.76. The normalized spacial score (nSPS) is 15.6. The van der Waals surface area contributed by atoms with Crippen LogP contribution in [0.2, 0.25) is 10.0 Å². The van der Waals surface area contributed by atoms with Crippen LogP contribution in [0, 0.1) is 5.92 Å². The Balaban J connectivity index is 1.92. The van der Waals surface area contributed by atoms with E-state index in [0.717, 1.165) is 0 Å². The fourth-order valence-corrected chi connectivity index (χ4v) is 1.93. The van der Waals surface area contributed by atoms with Gasteiger partial charge in [-0.15, -0.1) is 0 Å². The number of halogens is 2. The molecule has 0 radical (unpaired) electrons. The summed E-state index contributed by atoms with van der Waals surface area (Å²) in [6.45, 7) is 1.30. The summed E-state index contributed by atoms with van der Waals surface area (Å²) in [4.78, 5) is 13.3. The van der Waals surface area contributed by atoms with Gasteiger partial charge in [0, 0.05) is 31.3 Å². The maximum Gasteiger partial charge on any atom is 0.321 e. The number of nitrogens with one attached hydrogen (secondary N) is 1. The molecule has 0 saturated carbocycles. The molecule has 0 atom stereocenters. The molecule has 1 aromatic rings. The summed E-state index contributed by atoms with van der Waals surface area (Å²) in [6.07, 6.45) is 0. The molecule has 2 amide bonds. The van der Waals surface area contributed by atoms with Crippen LogP contribution in [0.5, 0.6) is 0 Å². The molecule has 6 heteroatoms. The van der Waals surface area contributed by atoms with Crippen molar-refractivity contribution in [2.75, 3.05) is 25.0 Å². The number of anilines is 1. The van der Waals surface area contributed by atoms with Gasteiger partial charge in [-0.1, -0.05) is 23.2 Å². The maximum atomic E-state index is 11.7. The van der Waals surface area contributed by atoms with Crippen LogP contribution in [0.1, 0.15) is 0 Å². The monoisotopic (exact) mass is 274 g/mol. The Hall–Kier alpha value is -0.970. The predicted molar refractivity (Wildman–Crippen MR) is 67.6 cm³/mol. The molecule has 2 N–H and O–H groups in total. The molecule has 2 rings (SSSR count). The molecule has 1 aliphatic rings. The van der Waals surface area contributed by atoms with Crippen LogP contribution in [0.15, 0.2) is 18.2 Å². The van der Waals surface area contributed by atoms with Gasteiger partial charge in [0.2, 0.25) is 0 Å². The number of nitrogens with zero attached hydrogens (tertiary/aromatic N) is 1. The van der Waals surface area contributed by atoms with E-state index in [1.807, 2.05) is 0 Å². The van der Waals surface area contributed by atoms with Crippen LogP contribution in [-0.2, 0) is 0 Å². The number of benzene rings is 1. The molecule has 4 nitrogen and oxygen atoms in total. The lowest BCUT2D eigenvalue weighted by atomic mass is 10.0. The van der Waals surface area contributed by atoms with E-state index in [1.54, 1.807) is 23.1 Å². The van der Waals surface area contributed by atoms with Gasteiger partial charge in [-0.05, 0) is 18.2 Å². The van der Waals surface area contributed by atoms with Crippen molar-refractivity contribution in [3.8, 4) is 0 Å². The van der Waals surface area contributed by atoms with E-state index in [-0.39, 0.29) is 18.6 Å². The fourth-order valence-electron chi connectivity index (χ4n) is 1.63. The first kappa shape index (κ1) is 12.5. The first-order valence-corrected chi connectivity index (χ1v) is 5.97. The van der Waals surface area contributed by atoms with Gasteiger partial charge in [-0.25, -0.2) is 4.79 Å². The van der Waals surface area contributed by atoms with Crippen LogP contribution >= 0.6 is 23.2 Å². The Labute approximate surface area is 109 Å². The smallest absolute Gasteiger partial charge is 0.321 e. The van der Waals surface area contributed by atoms with Crippen molar-refractivity contribution < 1.29 is 9.90 Å². The standard InChI is InChI=1S/C11H12Cl2N2O2/c12-9-2-1-8(3-10(9)13)14-11(17)15-4-7(5-15)6-16/h1-3,7,16H,4-6H2,(H,14,17). The minimum Gasteiger partial charge on any atom is -0.396 e. The van der Waals surface area contributed by atoms with E-state index in [1.165, 1.54) is 0 Å². The Morgan fingerprint density at radius 2 is 2.12 bits per heavy atom. The van der Waals surface area contributed by atoms with Crippen LogP contribution in [-0.4, -0.2) is 35.7 Å². The Bertz CT molecular complexity index is 433. The van der Waals surface area contributed by atoms with E-state index in [0.29, 0.717) is 28.8 Å². The molecule has 17 heavy (non-hydrogen) atoms. The summed E-state index contributed by atoms with van der Waals surface area (Å²) in [5.74, 6) is 0.203. The second-order valence-electron chi connectivity index (χ2n) is 4.01. The second kappa shape index (κ2) is 5.12. The largest absolute Gasteiger partial charge is 0.396 e. The van der Waals surface area contributed by atoms with E-state index in [2.05, 4.69) is 5.32 Å². The zero-order valence-electron chi connectivity index (χ0n) is 8.99. The highest BCUT2D eigenvalue weighted by atomic mass is 35.5. The molecule has 1 heterocycles. The molecule has 1 aromatic carbocycles. The average molecular weight is 275 g/mol. The van der Waals surface area contributed by atoms with E-state index < -0.39 is 0 Å². The Morgan fingerprint density at radius 3 is 2.71 bits per heavy atom. The lowest BCUT2D eigenvalue weighted by Gasteiger charge is -2.38. The number of urea groups is 1.